The van der Waals surface area contributed by atoms with Crippen LogP contribution in [0.3, 0.4) is 0 Å². The first kappa shape index (κ1) is 28.2. The Bertz CT molecular complexity index is 1380. The minimum Gasteiger partial charge on any atom is -0.361 e. The highest BCUT2D eigenvalue weighted by molar-refractivity contribution is 9.09. The van der Waals surface area contributed by atoms with Gasteiger partial charge in [-0.05, 0) is 50.0 Å². The maximum Gasteiger partial charge on any atom is 0.270 e. The highest BCUT2D eigenvalue weighted by Gasteiger charge is 2.32. The first-order chi connectivity index (χ1) is 17.9. The Morgan fingerprint density at radius 2 is 2.00 bits per heavy atom. The molecule has 38 heavy (non-hydrogen) atoms. The fourth-order valence-corrected chi connectivity index (χ4v) is 5.36. The summed E-state index contributed by atoms with van der Waals surface area (Å²) in [5.41, 5.74) is 2.99. The van der Waals surface area contributed by atoms with E-state index in [1.165, 1.54) is 0 Å². The first-order valence-corrected chi connectivity index (χ1v) is 14.2. The van der Waals surface area contributed by atoms with Gasteiger partial charge >= 0.3 is 0 Å². The fraction of sp³-hybridized carbons (Fsp3) is 0.481. The summed E-state index contributed by atoms with van der Waals surface area (Å²) >= 11 is 9.80. The average Bonchev–Trinajstić information content (AvgIpc) is 3.36. The Balaban J connectivity index is 1.50. The van der Waals surface area contributed by atoms with Crippen molar-refractivity contribution in [3.05, 3.63) is 52.1 Å². The molecule has 204 valence electrons. The van der Waals surface area contributed by atoms with Crippen LogP contribution in [0, 0.1) is 6.92 Å². The van der Waals surface area contributed by atoms with Crippen LogP contribution >= 0.6 is 27.5 Å². The number of rotatable bonds is 8. The van der Waals surface area contributed by atoms with Gasteiger partial charge in [0.05, 0.1) is 23.8 Å². The molecule has 0 saturated carbocycles. The van der Waals surface area contributed by atoms with E-state index in [4.69, 9.17) is 16.6 Å². The van der Waals surface area contributed by atoms with Crippen LogP contribution in [-0.4, -0.2) is 60.9 Å². The SMILES string of the molecule is Cc1nc(CNc2n[nH]c3cc(Cl)c(C(C)(C)C)cc23)n(C(C)C)c1C(=O)NC1CN(C(=O)C=CCBr)C1. The van der Waals surface area contributed by atoms with Gasteiger partial charge in [-0.2, -0.15) is 5.10 Å². The summed E-state index contributed by atoms with van der Waals surface area (Å²) in [4.78, 5) is 31.8. The smallest absolute Gasteiger partial charge is 0.270 e. The maximum atomic E-state index is 13.3. The second kappa shape index (κ2) is 11.1. The van der Waals surface area contributed by atoms with Crippen LogP contribution < -0.4 is 10.6 Å². The Morgan fingerprint density at radius 1 is 1.29 bits per heavy atom. The van der Waals surface area contributed by atoms with Crippen molar-refractivity contribution < 1.29 is 9.59 Å². The number of nitrogens with one attached hydrogen (secondary N) is 3. The second-order valence-electron chi connectivity index (χ2n) is 10.9. The van der Waals surface area contributed by atoms with Crippen molar-refractivity contribution in [2.75, 3.05) is 23.7 Å². The monoisotopic (exact) mass is 603 g/mol. The average molecular weight is 605 g/mol. The number of imidazole rings is 1. The van der Waals surface area contributed by atoms with Gasteiger partial charge < -0.3 is 20.1 Å². The molecule has 1 aliphatic rings. The first-order valence-electron chi connectivity index (χ1n) is 12.7. The molecule has 4 rings (SSSR count). The molecule has 0 aliphatic carbocycles. The molecule has 2 aromatic heterocycles. The third kappa shape index (κ3) is 5.76. The zero-order chi connectivity index (χ0) is 27.8. The van der Waals surface area contributed by atoms with Crippen LogP contribution in [0.4, 0.5) is 5.82 Å². The third-order valence-corrected chi connectivity index (χ3v) is 7.33. The molecule has 2 amide bonds. The summed E-state index contributed by atoms with van der Waals surface area (Å²) < 4.78 is 1.96. The number of fused-ring (bicyclic) bond motifs is 1. The van der Waals surface area contributed by atoms with E-state index in [0.717, 1.165) is 22.3 Å². The van der Waals surface area contributed by atoms with Gasteiger partial charge in [-0.15, -0.1) is 0 Å². The molecule has 0 bridgehead atoms. The number of aromatic nitrogens is 4. The van der Waals surface area contributed by atoms with E-state index in [2.05, 4.69) is 63.6 Å². The molecule has 1 aliphatic heterocycles. The number of halogens is 2. The van der Waals surface area contributed by atoms with Crippen molar-refractivity contribution in [2.45, 2.75) is 65.6 Å². The number of benzene rings is 1. The predicted molar refractivity (Wildman–Crippen MR) is 155 cm³/mol. The predicted octanol–water partition coefficient (Wildman–Crippen LogP) is 5.10. The topological polar surface area (TPSA) is 108 Å². The number of anilines is 1. The van der Waals surface area contributed by atoms with Crippen LogP contribution in [0.2, 0.25) is 5.02 Å². The molecule has 0 spiro atoms. The van der Waals surface area contributed by atoms with E-state index in [9.17, 15) is 9.59 Å². The van der Waals surface area contributed by atoms with E-state index < -0.39 is 0 Å². The Hall–Kier alpha value is -2.85. The molecular formula is C27H35BrClN7O2. The molecule has 0 unspecified atom stereocenters. The number of allylic oxidation sites excluding steroid dienone is 1. The van der Waals surface area contributed by atoms with Gasteiger partial charge in [-0.25, -0.2) is 4.98 Å². The molecule has 3 N–H and O–H groups in total. The molecular weight excluding hydrogens is 570 g/mol. The summed E-state index contributed by atoms with van der Waals surface area (Å²) in [5.74, 6) is 1.22. The highest BCUT2D eigenvalue weighted by Crippen LogP contribution is 2.35. The quantitative estimate of drug-likeness (QED) is 0.245. The summed E-state index contributed by atoms with van der Waals surface area (Å²) in [6.07, 6.45) is 3.31. The lowest BCUT2D eigenvalue weighted by Crippen LogP contribution is -2.60. The van der Waals surface area contributed by atoms with Gasteiger partial charge in [0.1, 0.15) is 11.5 Å². The van der Waals surface area contributed by atoms with E-state index in [0.29, 0.717) is 47.2 Å². The zero-order valence-corrected chi connectivity index (χ0v) is 25.0. The Kier molecular flexibility index (Phi) is 8.23. The van der Waals surface area contributed by atoms with Crippen molar-refractivity contribution in [1.29, 1.82) is 0 Å². The minimum absolute atomic E-state index is 0.0184. The number of H-pyrrole nitrogens is 1. The van der Waals surface area contributed by atoms with E-state index in [-0.39, 0.29) is 29.3 Å². The molecule has 11 heteroatoms. The molecule has 3 heterocycles. The number of nitrogens with zero attached hydrogens (tertiary/aromatic N) is 4. The van der Waals surface area contributed by atoms with Gasteiger partial charge in [0.25, 0.3) is 5.91 Å². The summed E-state index contributed by atoms with van der Waals surface area (Å²) in [6.45, 7) is 13.7. The Morgan fingerprint density at radius 3 is 2.63 bits per heavy atom. The minimum atomic E-state index is -0.183. The number of hydrogen-bond acceptors (Lipinski definition) is 5. The van der Waals surface area contributed by atoms with Crippen molar-refractivity contribution in [3.8, 4) is 0 Å². The standard InChI is InChI=1S/C27H35BrClN7O2/c1-15(2)36-22(12-30-25-18-10-19(27(4,5)6)20(29)11-21(18)33-34-25)31-16(3)24(36)26(38)32-17-13-35(14-17)23(37)8-7-9-28/h7-8,10-11,15,17H,9,12-14H2,1-6H3,(H,32,38)(H2,30,33,34). The molecule has 1 saturated heterocycles. The lowest BCUT2D eigenvalue weighted by Gasteiger charge is -2.39. The third-order valence-electron chi connectivity index (χ3n) is 6.64. The zero-order valence-electron chi connectivity index (χ0n) is 22.7. The molecule has 0 radical (unpaired) electrons. The van der Waals surface area contributed by atoms with Gasteiger partial charge in [0.2, 0.25) is 5.91 Å². The largest absolute Gasteiger partial charge is 0.361 e. The summed E-state index contributed by atoms with van der Waals surface area (Å²) in [6, 6.07) is 3.92. The fourth-order valence-electron chi connectivity index (χ4n) is 4.72. The van der Waals surface area contributed by atoms with Gasteiger partial charge in [-0.1, -0.05) is 54.4 Å². The van der Waals surface area contributed by atoms with Crippen molar-refractivity contribution in [2.24, 2.45) is 0 Å². The number of likely N-dealkylation sites (tertiary alicyclic amines) is 1. The number of carbonyl (C=O) groups excluding carboxylic acids is 2. The van der Waals surface area contributed by atoms with Gasteiger partial charge in [-0.3, -0.25) is 14.7 Å². The van der Waals surface area contributed by atoms with Crippen molar-refractivity contribution >= 4 is 56.1 Å². The summed E-state index contributed by atoms with van der Waals surface area (Å²) in [7, 11) is 0. The van der Waals surface area contributed by atoms with Gasteiger partial charge in [0, 0.05) is 34.9 Å². The van der Waals surface area contributed by atoms with Crippen LogP contribution in [0.25, 0.3) is 10.9 Å². The van der Waals surface area contributed by atoms with Crippen LogP contribution in [0.15, 0.2) is 24.3 Å². The van der Waals surface area contributed by atoms with Crippen molar-refractivity contribution in [1.82, 2.24) is 30.0 Å². The Labute approximate surface area is 236 Å². The number of amides is 2. The van der Waals surface area contributed by atoms with Crippen LogP contribution in [0.1, 0.15) is 68.2 Å². The molecule has 3 aromatic rings. The normalized spacial score (nSPS) is 14.5. The van der Waals surface area contributed by atoms with E-state index >= 15 is 0 Å². The van der Waals surface area contributed by atoms with Crippen LogP contribution in [-0.2, 0) is 16.8 Å². The lowest BCUT2D eigenvalue weighted by molar-refractivity contribution is -0.130. The van der Waals surface area contributed by atoms with Crippen molar-refractivity contribution in [3.63, 3.8) is 0 Å². The highest BCUT2D eigenvalue weighted by atomic mass is 79.9. The molecule has 0 atom stereocenters. The second-order valence-corrected chi connectivity index (χ2v) is 12.0. The number of alkyl halides is 1. The summed E-state index contributed by atoms with van der Waals surface area (Å²) in [5, 5.41) is 16.3. The maximum absolute atomic E-state index is 13.3. The molecule has 9 nitrogen and oxygen atoms in total. The number of aromatic amines is 1. The number of hydrogen-bond donors (Lipinski definition) is 3. The molecule has 1 aromatic carbocycles. The number of carbonyl (C=O) groups is 2. The number of aryl methyl sites for hydroxylation is 1. The lowest BCUT2D eigenvalue weighted by atomic mass is 9.86. The molecule has 1 fully saturated rings. The van der Waals surface area contributed by atoms with Crippen LogP contribution in [0.5, 0.6) is 0 Å². The van der Waals surface area contributed by atoms with E-state index in [1.807, 2.05) is 31.4 Å². The van der Waals surface area contributed by atoms with E-state index in [1.54, 1.807) is 17.1 Å². The van der Waals surface area contributed by atoms with Gasteiger partial charge in [0.15, 0.2) is 5.82 Å².